The first-order valence-electron chi connectivity index (χ1n) is 7.00. The number of pyridine rings is 1. The lowest BCUT2D eigenvalue weighted by molar-refractivity contribution is -0.135. The van der Waals surface area contributed by atoms with Crippen LogP contribution in [0.2, 0.25) is 0 Å². The lowest BCUT2D eigenvalue weighted by Gasteiger charge is -2.24. The highest BCUT2D eigenvalue weighted by Crippen LogP contribution is 2.08. The number of hydrogen-bond donors (Lipinski definition) is 1. The number of rotatable bonds is 7. The highest BCUT2D eigenvalue weighted by molar-refractivity contribution is 5.78. The third-order valence-electron chi connectivity index (χ3n) is 3.11. The number of carbonyl (C=O) groups is 1. The Bertz CT molecular complexity index is 406. The predicted octanol–water partition coefficient (Wildman–Crippen LogP) is 1.98. The van der Waals surface area contributed by atoms with Crippen molar-refractivity contribution in [3.63, 3.8) is 0 Å². The maximum atomic E-state index is 12.3. The van der Waals surface area contributed by atoms with Crippen LogP contribution in [0.5, 0.6) is 0 Å². The molecule has 1 atom stereocenters. The van der Waals surface area contributed by atoms with Crippen LogP contribution in [0.25, 0.3) is 0 Å². The molecule has 0 aliphatic rings. The van der Waals surface area contributed by atoms with E-state index in [2.05, 4.69) is 10.3 Å². The first-order chi connectivity index (χ1) is 9.08. The molecule has 19 heavy (non-hydrogen) atoms. The molecule has 1 rings (SSSR count). The van der Waals surface area contributed by atoms with E-state index in [9.17, 15) is 4.79 Å². The van der Waals surface area contributed by atoms with E-state index in [1.807, 2.05) is 50.8 Å². The molecular weight excluding hydrogens is 238 g/mol. The van der Waals surface area contributed by atoms with Gasteiger partial charge in [-0.3, -0.25) is 9.78 Å². The molecule has 1 N–H and O–H groups in total. The summed E-state index contributed by atoms with van der Waals surface area (Å²) < 4.78 is 0. The van der Waals surface area contributed by atoms with Crippen LogP contribution in [0, 0.1) is 12.8 Å². The van der Waals surface area contributed by atoms with Crippen molar-refractivity contribution in [2.45, 2.75) is 34.2 Å². The van der Waals surface area contributed by atoms with Gasteiger partial charge in [0, 0.05) is 24.7 Å². The van der Waals surface area contributed by atoms with Crippen LogP contribution in [-0.4, -0.2) is 35.4 Å². The molecule has 0 aromatic carbocycles. The maximum Gasteiger partial charge on any atom is 0.227 e. The van der Waals surface area contributed by atoms with Gasteiger partial charge in [0.2, 0.25) is 5.91 Å². The van der Waals surface area contributed by atoms with Crippen LogP contribution in [0.1, 0.15) is 32.2 Å². The van der Waals surface area contributed by atoms with Crippen molar-refractivity contribution >= 4 is 5.91 Å². The lowest BCUT2D eigenvalue weighted by atomic mass is 10.1. The molecule has 1 aromatic heterocycles. The molecule has 1 aromatic rings. The number of carbonyl (C=O) groups excluding carboxylic acids is 1. The summed E-state index contributed by atoms with van der Waals surface area (Å²) >= 11 is 0. The van der Waals surface area contributed by atoms with Crippen molar-refractivity contribution in [1.29, 1.82) is 0 Å². The Morgan fingerprint density at radius 2 is 2.16 bits per heavy atom. The van der Waals surface area contributed by atoms with E-state index in [1.165, 1.54) is 0 Å². The van der Waals surface area contributed by atoms with Crippen molar-refractivity contribution < 1.29 is 4.79 Å². The van der Waals surface area contributed by atoms with Crippen LogP contribution >= 0.6 is 0 Å². The second kappa shape index (κ2) is 7.89. The van der Waals surface area contributed by atoms with Crippen LogP contribution in [0.15, 0.2) is 18.2 Å². The van der Waals surface area contributed by atoms with E-state index >= 15 is 0 Å². The topological polar surface area (TPSA) is 45.2 Å². The summed E-state index contributed by atoms with van der Waals surface area (Å²) in [6.07, 6.45) is 0. The molecule has 1 amide bonds. The molecule has 0 bridgehead atoms. The normalized spacial score (nSPS) is 12.2. The summed E-state index contributed by atoms with van der Waals surface area (Å²) in [6, 6.07) is 5.92. The van der Waals surface area contributed by atoms with Gasteiger partial charge in [-0.15, -0.1) is 0 Å². The van der Waals surface area contributed by atoms with E-state index in [-0.39, 0.29) is 11.8 Å². The van der Waals surface area contributed by atoms with Crippen molar-refractivity contribution in [2.24, 2.45) is 5.92 Å². The zero-order chi connectivity index (χ0) is 14.3. The Kier molecular flexibility index (Phi) is 6.50. The highest BCUT2D eigenvalue weighted by Gasteiger charge is 2.19. The van der Waals surface area contributed by atoms with E-state index in [1.54, 1.807) is 0 Å². The van der Waals surface area contributed by atoms with Crippen molar-refractivity contribution in [2.75, 3.05) is 19.6 Å². The number of aromatic nitrogens is 1. The largest absolute Gasteiger partial charge is 0.337 e. The van der Waals surface area contributed by atoms with Gasteiger partial charge >= 0.3 is 0 Å². The maximum absolute atomic E-state index is 12.3. The van der Waals surface area contributed by atoms with Crippen LogP contribution in [0.4, 0.5) is 0 Å². The van der Waals surface area contributed by atoms with E-state index < -0.39 is 0 Å². The minimum Gasteiger partial charge on any atom is -0.337 e. The number of hydrogen-bond acceptors (Lipinski definition) is 3. The van der Waals surface area contributed by atoms with E-state index in [0.717, 1.165) is 24.5 Å². The van der Waals surface area contributed by atoms with Crippen molar-refractivity contribution in [3.05, 3.63) is 29.6 Å². The molecule has 0 spiro atoms. The molecule has 106 valence electrons. The molecule has 0 radical (unpaired) electrons. The zero-order valence-electron chi connectivity index (χ0n) is 12.4. The van der Waals surface area contributed by atoms with Crippen molar-refractivity contribution in [1.82, 2.24) is 15.2 Å². The molecule has 1 unspecified atom stereocenters. The fourth-order valence-electron chi connectivity index (χ4n) is 1.99. The van der Waals surface area contributed by atoms with Gasteiger partial charge in [0.05, 0.1) is 12.2 Å². The summed E-state index contributed by atoms with van der Waals surface area (Å²) in [5.74, 6) is 0.191. The number of nitrogens with zero attached hydrogens (tertiary/aromatic N) is 2. The van der Waals surface area contributed by atoms with Gasteiger partial charge in [0.25, 0.3) is 0 Å². The lowest BCUT2D eigenvalue weighted by Crippen LogP contribution is -2.38. The van der Waals surface area contributed by atoms with Gasteiger partial charge in [-0.2, -0.15) is 0 Å². The number of aryl methyl sites for hydroxylation is 1. The van der Waals surface area contributed by atoms with Crippen LogP contribution < -0.4 is 5.32 Å². The second-order valence-corrected chi connectivity index (χ2v) is 4.83. The third-order valence-corrected chi connectivity index (χ3v) is 3.11. The Morgan fingerprint density at radius 1 is 1.42 bits per heavy atom. The van der Waals surface area contributed by atoms with Crippen LogP contribution in [0.3, 0.4) is 0 Å². The quantitative estimate of drug-likeness (QED) is 0.818. The SMILES string of the molecule is CCNCC(C)C(=O)N(CC)Cc1cccc(C)n1. The minimum absolute atomic E-state index is 0.00436. The average molecular weight is 263 g/mol. The molecule has 0 fully saturated rings. The first-order valence-corrected chi connectivity index (χ1v) is 7.00. The monoisotopic (exact) mass is 263 g/mol. The molecular formula is C15H25N3O. The molecule has 4 heteroatoms. The second-order valence-electron chi connectivity index (χ2n) is 4.83. The van der Waals surface area contributed by atoms with Gasteiger partial charge in [0.1, 0.15) is 0 Å². The Balaban J connectivity index is 2.64. The first kappa shape index (κ1) is 15.6. The minimum atomic E-state index is 0.00436. The van der Waals surface area contributed by atoms with Gasteiger partial charge in [-0.25, -0.2) is 0 Å². The predicted molar refractivity (Wildman–Crippen MR) is 77.8 cm³/mol. The summed E-state index contributed by atoms with van der Waals surface area (Å²) in [6.45, 7) is 10.9. The van der Waals surface area contributed by atoms with Gasteiger partial charge in [-0.05, 0) is 32.5 Å². The molecule has 0 aliphatic carbocycles. The average Bonchev–Trinajstić information content (AvgIpc) is 2.41. The van der Waals surface area contributed by atoms with Crippen molar-refractivity contribution in [3.8, 4) is 0 Å². The third kappa shape index (κ3) is 4.99. The number of amides is 1. The molecule has 1 heterocycles. The Labute approximate surface area is 116 Å². The van der Waals surface area contributed by atoms with Gasteiger partial charge in [-0.1, -0.05) is 19.9 Å². The van der Waals surface area contributed by atoms with Gasteiger partial charge in [0.15, 0.2) is 0 Å². The van der Waals surface area contributed by atoms with Gasteiger partial charge < -0.3 is 10.2 Å². The van der Waals surface area contributed by atoms with E-state index in [0.29, 0.717) is 13.1 Å². The zero-order valence-corrected chi connectivity index (χ0v) is 12.4. The van der Waals surface area contributed by atoms with E-state index in [4.69, 9.17) is 0 Å². The molecule has 0 saturated carbocycles. The molecule has 0 aliphatic heterocycles. The molecule has 0 saturated heterocycles. The summed E-state index contributed by atoms with van der Waals surface area (Å²) in [5.41, 5.74) is 1.94. The van der Waals surface area contributed by atoms with Crippen LogP contribution in [-0.2, 0) is 11.3 Å². The number of nitrogens with one attached hydrogen (secondary N) is 1. The Morgan fingerprint density at radius 3 is 2.74 bits per heavy atom. The summed E-state index contributed by atoms with van der Waals surface area (Å²) in [4.78, 5) is 18.6. The fraction of sp³-hybridized carbons (Fsp3) is 0.600. The highest BCUT2D eigenvalue weighted by atomic mass is 16.2. The summed E-state index contributed by atoms with van der Waals surface area (Å²) in [5, 5.41) is 3.22. The smallest absolute Gasteiger partial charge is 0.227 e. The molecule has 4 nitrogen and oxygen atoms in total. The summed E-state index contributed by atoms with van der Waals surface area (Å²) in [7, 11) is 0. The fourth-order valence-corrected chi connectivity index (χ4v) is 1.99. The standard InChI is InChI=1S/C15H25N3O/c1-5-16-10-12(3)15(19)18(6-2)11-14-9-7-8-13(4)17-14/h7-9,12,16H,5-6,10-11H2,1-4H3. The Hall–Kier alpha value is -1.42.